The Morgan fingerprint density at radius 1 is 1.50 bits per heavy atom. The third-order valence-corrected chi connectivity index (χ3v) is 2.66. The highest BCUT2D eigenvalue weighted by Crippen LogP contribution is 2.17. The van der Waals surface area contributed by atoms with E-state index >= 15 is 0 Å². The number of likely N-dealkylation sites (tertiary alicyclic amines) is 1. The lowest BCUT2D eigenvalue weighted by Gasteiger charge is -2.23. The van der Waals surface area contributed by atoms with Crippen LogP contribution < -0.4 is 5.32 Å². The molecule has 0 bridgehead atoms. The molecule has 0 saturated carbocycles. The van der Waals surface area contributed by atoms with Gasteiger partial charge in [-0.1, -0.05) is 0 Å². The number of rotatable bonds is 4. The van der Waals surface area contributed by atoms with E-state index in [4.69, 9.17) is 4.74 Å². The van der Waals surface area contributed by atoms with E-state index in [9.17, 15) is 9.59 Å². The lowest BCUT2D eigenvalue weighted by atomic mass is 10.2. The summed E-state index contributed by atoms with van der Waals surface area (Å²) >= 11 is 0. The second kappa shape index (κ2) is 5.84. The Kier molecular flexibility index (Phi) is 4.73. The van der Waals surface area contributed by atoms with Gasteiger partial charge in [-0.15, -0.1) is 0 Å². The van der Waals surface area contributed by atoms with Crippen LogP contribution in [0.3, 0.4) is 0 Å². The molecule has 5 nitrogen and oxygen atoms in total. The molecule has 1 saturated heterocycles. The van der Waals surface area contributed by atoms with Crippen LogP contribution in [0.4, 0.5) is 0 Å². The molecule has 0 aromatic carbocycles. The summed E-state index contributed by atoms with van der Waals surface area (Å²) in [7, 11) is 1.59. The minimum absolute atomic E-state index is 0.0324. The van der Waals surface area contributed by atoms with Gasteiger partial charge in [-0.25, -0.2) is 0 Å². The highest BCUT2D eigenvalue weighted by Gasteiger charge is 2.33. The number of nitrogens with zero attached hydrogens (tertiary/aromatic N) is 1. The number of amides is 2. The molecule has 0 aromatic heterocycles. The first-order valence-electron chi connectivity index (χ1n) is 5.69. The first-order valence-corrected chi connectivity index (χ1v) is 5.69. The van der Waals surface area contributed by atoms with Gasteiger partial charge in [0.1, 0.15) is 12.6 Å². The van der Waals surface area contributed by atoms with E-state index in [2.05, 4.69) is 5.32 Å². The molecule has 1 unspecified atom stereocenters. The zero-order valence-corrected chi connectivity index (χ0v) is 10.2. The molecule has 1 heterocycles. The predicted octanol–water partition coefficient (Wildman–Crippen LogP) is 0.148. The highest BCUT2D eigenvalue weighted by molar-refractivity contribution is 5.88. The molecule has 5 heteroatoms. The summed E-state index contributed by atoms with van der Waals surface area (Å²) in [6.07, 6.45) is 1.66. The third-order valence-electron chi connectivity index (χ3n) is 2.66. The predicted molar refractivity (Wildman–Crippen MR) is 59.9 cm³/mol. The van der Waals surface area contributed by atoms with Gasteiger partial charge >= 0.3 is 0 Å². The fraction of sp³-hybridized carbons (Fsp3) is 0.818. The van der Waals surface area contributed by atoms with Crippen LogP contribution in [0.15, 0.2) is 0 Å². The van der Waals surface area contributed by atoms with Crippen LogP contribution in [0, 0.1) is 0 Å². The molecule has 1 aliphatic heterocycles. The smallest absolute Gasteiger partial charge is 0.249 e. The molecule has 2 amide bonds. The van der Waals surface area contributed by atoms with Crippen LogP contribution in [0.2, 0.25) is 0 Å². The van der Waals surface area contributed by atoms with Gasteiger partial charge < -0.3 is 15.0 Å². The maximum Gasteiger partial charge on any atom is 0.249 e. The van der Waals surface area contributed by atoms with Crippen molar-refractivity contribution >= 4 is 11.8 Å². The van der Waals surface area contributed by atoms with Crippen LogP contribution in [-0.4, -0.2) is 49.1 Å². The van der Waals surface area contributed by atoms with Crippen molar-refractivity contribution in [2.24, 2.45) is 0 Å². The maximum absolute atomic E-state index is 11.8. The fourth-order valence-corrected chi connectivity index (χ4v) is 1.83. The second-order valence-electron chi connectivity index (χ2n) is 4.22. The summed E-state index contributed by atoms with van der Waals surface area (Å²) in [5, 5.41) is 2.58. The Morgan fingerprint density at radius 3 is 2.75 bits per heavy atom. The first kappa shape index (κ1) is 13.0. The van der Waals surface area contributed by atoms with Crippen molar-refractivity contribution in [1.29, 1.82) is 0 Å². The summed E-state index contributed by atoms with van der Waals surface area (Å²) < 4.78 is 5.25. The van der Waals surface area contributed by atoms with E-state index in [1.54, 1.807) is 11.9 Å². The molecule has 0 spiro atoms. The minimum Gasteiger partial charge on any atom is -0.369 e. The summed E-state index contributed by atoms with van der Waals surface area (Å²) in [6, 6.07) is -0.312. The first-order chi connectivity index (χ1) is 7.56. The van der Waals surface area contributed by atoms with E-state index in [0.717, 1.165) is 12.8 Å². The van der Waals surface area contributed by atoms with Crippen molar-refractivity contribution in [3.8, 4) is 0 Å². The standard InChI is InChI=1S/C11H20N2O3/c1-8(2)16-7-10(14)13-6-4-5-9(13)11(15)12-3/h8-9H,4-7H2,1-3H3,(H,12,15). The Morgan fingerprint density at radius 2 is 2.19 bits per heavy atom. The maximum atomic E-state index is 11.8. The van der Waals surface area contributed by atoms with E-state index in [0.29, 0.717) is 6.54 Å². The van der Waals surface area contributed by atoms with Gasteiger partial charge in [0, 0.05) is 13.6 Å². The molecule has 0 radical (unpaired) electrons. The number of nitrogens with one attached hydrogen (secondary N) is 1. The molecule has 0 aliphatic carbocycles. The summed E-state index contributed by atoms with van der Waals surface area (Å²) in [4.78, 5) is 24.9. The molecule has 1 N–H and O–H groups in total. The van der Waals surface area contributed by atoms with Crippen molar-refractivity contribution in [2.75, 3.05) is 20.2 Å². The van der Waals surface area contributed by atoms with E-state index in [1.165, 1.54) is 0 Å². The van der Waals surface area contributed by atoms with Crippen LogP contribution in [-0.2, 0) is 14.3 Å². The molecule has 16 heavy (non-hydrogen) atoms. The third kappa shape index (κ3) is 3.20. The van der Waals surface area contributed by atoms with Gasteiger partial charge in [0.2, 0.25) is 11.8 Å². The van der Waals surface area contributed by atoms with Gasteiger partial charge in [0.05, 0.1) is 6.10 Å². The number of hydrogen-bond donors (Lipinski definition) is 1. The number of likely N-dealkylation sites (N-methyl/N-ethyl adjacent to an activating group) is 1. The van der Waals surface area contributed by atoms with Crippen LogP contribution >= 0.6 is 0 Å². The summed E-state index contributed by atoms with van der Waals surface area (Å²) in [6.45, 7) is 4.48. The average molecular weight is 228 g/mol. The van der Waals surface area contributed by atoms with Crippen molar-refractivity contribution in [3.05, 3.63) is 0 Å². The number of carbonyl (C=O) groups excluding carboxylic acids is 2. The molecule has 1 aliphatic rings. The Hall–Kier alpha value is -1.10. The fourth-order valence-electron chi connectivity index (χ4n) is 1.83. The summed E-state index contributed by atoms with van der Waals surface area (Å²) in [5.74, 6) is -0.185. The summed E-state index contributed by atoms with van der Waals surface area (Å²) in [5.41, 5.74) is 0. The Bertz CT molecular complexity index is 266. The van der Waals surface area contributed by atoms with Crippen LogP contribution in [0.25, 0.3) is 0 Å². The molecule has 1 atom stereocenters. The highest BCUT2D eigenvalue weighted by atomic mass is 16.5. The molecular formula is C11H20N2O3. The Labute approximate surface area is 96.1 Å². The van der Waals surface area contributed by atoms with Gasteiger partial charge in [-0.05, 0) is 26.7 Å². The zero-order chi connectivity index (χ0) is 12.1. The topological polar surface area (TPSA) is 58.6 Å². The molecule has 1 fully saturated rings. The number of hydrogen-bond acceptors (Lipinski definition) is 3. The molecular weight excluding hydrogens is 208 g/mol. The van der Waals surface area contributed by atoms with Crippen LogP contribution in [0.5, 0.6) is 0 Å². The zero-order valence-electron chi connectivity index (χ0n) is 10.2. The SMILES string of the molecule is CNC(=O)C1CCCN1C(=O)COC(C)C. The van der Waals surface area contributed by atoms with Crippen molar-refractivity contribution in [2.45, 2.75) is 38.8 Å². The van der Waals surface area contributed by atoms with Crippen molar-refractivity contribution in [3.63, 3.8) is 0 Å². The van der Waals surface area contributed by atoms with E-state index in [-0.39, 0.29) is 30.6 Å². The molecule has 92 valence electrons. The second-order valence-corrected chi connectivity index (χ2v) is 4.22. The minimum atomic E-state index is -0.312. The molecule has 1 rings (SSSR count). The largest absolute Gasteiger partial charge is 0.369 e. The monoisotopic (exact) mass is 228 g/mol. The number of carbonyl (C=O) groups is 2. The number of ether oxygens (including phenoxy) is 1. The lowest BCUT2D eigenvalue weighted by Crippen LogP contribution is -2.46. The average Bonchev–Trinajstić information content (AvgIpc) is 2.73. The van der Waals surface area contributed by atoms with Gasteiger partial charge in [-0.3, -0.25) is 9.59 Å². The van der Waals surface area contributed by atoms with Gasteiger partial charge in [0.15, 0.2) is 0 Å². The quantitative estimate of drug-likeness (QED) is 0.745. The van der Waals surface area contributed by atoms with Crippen molar-refractivity contribution in [1.82, 2.24) is 10.2 Å². The molecule has 0 aromatic rings. The van der Waals surface area contributed by atoms with E-state index < -0.39 is 0 Å². The van der Waals surface area contributed by atoms with Gasteiger partial charge in [-0.2, -0.15) is 0 Å². The van der Waals surface area contributed by atoms with Crippen molar-refractivity contribution < 1.29 is 14.3 Å². The lowest BCUT2D eigenvalue weighted by molar-refractivity contribution is -0.142. The van der Waals surface area contributed by atoms with Crippen LogP contribution in [0.1, 0.15) is 26.7 Å². The van der Waals surface area contributed by atoms with E-state index in [1.807, 2.05) is 13.8 Å². The Balaban J connectivity index is 2.51. The van der Waals surface area contributed by atoms with Gasteiger partial charge in [0.25, 0.3) is 0 Å². The normalized spacial score (nSPS) is 20.2.